The lowest BCUT2D eigenvalue weighted by Crippen LogP contribution is -2.17. The zero-order valence-electron chi connectivity index (χ0n) is 10.1. The monoisotopic (exact) mass is 216 g/mol. The summed E-state index contributed by atoms with van der Waals surface area (Å²) in [6.45, 7) is 6.34. The molecule has 0 fully saturated rings. The number of hydrogen-bond donors (Lipinski definition) is 0. The number of hydrogen-bond acceptors (Lipinski definition) is 2. The molecule has 2 heterocycles. The molecule has 0 spiro atoms. The van der Waals surface area contributed by atoms with Crippen molar-refractivity contribution in [2.75, 3.05) is 0 Å². The summed E-state index contributed by atoms with van der Waals surface area (Å²) in [6, 6.07) is 1.90. The first-order valence-corrected chi connectivity index (χ1v) is 5.35. The number of aryl methyl sites for hydroxylation is 1. The van der Waals surface area contributed by atoms with Crippen LogP contribution in [-0.2, 0) is 12.5 Å². The third-order valence-corrected chi connectivity index (χ3v) is 2.87. The van der Waals surface area contributed by atoms with Crippen LogP contribution in [0.25, 0.3) is 10.9 Å². The maximum Gasteiger partial charge on any atom is 0.152 e. The van der Waals surface area contributed by atoms with Crippen LogP contribution in [-0.4, -0.2) is 15.8 Å². The summed E-state index contributed by atoms with van der Waals surface area (Å²) in [4.78, 5) is 15.4. The Morgan fingerprint density at radius 2 is 2.06 bits per heavy atom. The molecule has 0 saturated heterocycles. The van der Waals surface area contributed by atoms with Gasteiger partial charge in [0, 0.05) is 35.3 Å². The van der Waals surface area contributed by atoms with Crippen LogP contribution in [0.2, 0.25) is 0 Å². The molecule has 0 amide bonds. The van der Waals surface area contributed by atoms with E-state index in [4.69, 9.17) is 0 Å². The standard InChI is InChI=1S/C13H16N2O/c1-13(2,3)12-10(8-16)9-5-6-14-7-11(9)15(12)4/h5-8H,1-4H3. The second-order valence-electron chi connectivity index (χ2n) is 5.08. The Balaban J connectivity index is 2.93. The molecule has 0 atom stereocenters. The molecule has 2 aromatic heterocycles. The van der Waals surface area contributed by atoms with Gasteiger partial charge in [0.25, 0.3) is 0 Å². The molecule has 0 radical (unpaired) electrons. The van der Waals surface area contributed by atoms with Gasteiger partial charge in [-0.1, -0.05) is 20.8 Å². The maximum atomic E-state index is 11.3. The van der Waals surface area contributed by atoms with Crippen molar-refractivity contribution < 1.29 is 4.79 Å². The summed E-state index contributed by atoms with van der Waals surface area (Å²) in [5.74, 6) is 0. The Morgan fingerprint density at radius 3 is 2.62 bits per heavy atom. The normalized spacial score (nSPS) is 12.0. The SMILES string of the molecule is Cn1c(C(C)(C)C)c(C=O)c2ccncc21. The average molecular weight is 216 g/mol. The van der Waals surface area contributed by atoms with E-state index in [1.807, 2.05) is 13.1 Å². The van der Waals surface area contributed by atoms with Gasteiger partial charge in [0.05, 0.1) is 11.7 Å². The predicted molar refractivity (Wildman–Crippen MR) is 64.8 cm³/mol. The Labute approximate surface area is 95.1 Å². The summed E-state index contributed by atoms with van der Waals surface area (Å²) >= 11 is 0. The van der Waals surface area contributed by atoms with E-state index in [0.29, 0.717) is 0 Å². The first kappa shape index (κ1) is 10.9. The van der Waals surface area contributed by atoms with Gasteiger partial charge in [-0.3, -0.25) is 9.78 Å². The topological polar surface area (TPSA) is 34.9 Å². The van der Waals surface area contributed by atoms with Gasteiger partial charge in [-0.05, 0) is 6.07 Å². The number of aldehydes is 1. The molecule has 84 valence electrons. The van der Waals surface area contributed by atoms with Crippen molar-refractivity contribution >= 4 is 17.2 Å². The fourth-order valence-electron chi connectivity index (χ4n) is 2.34. The largest absolute Gasteiger partial charge is 0.345 e. The van der Waals surface area contributed by atoms with Gasteiger partial charge in [0.1, 0.15) is 0 Å². The zero-order chi connectivity index (χ0) is 11.9. The van der Waals surface area contributed by atoms with Crippen molar-refractivity contribution in [1.82, 2.24) is 9.55 Å². The predicted octanol–water partition coefficient (Wildman–Crippen LogP) is 2.68. The van der Waals surface area contributed by atoms with E-state index in [0.717, 1.165) is 28.4 Å². The lowest BCUT2D eigenvalue weighted by atomic mass is 9.89. The van der Waals surface area contributed by atoms with Crippen LogP contribution in [0.5, 0.6) is 0 Å². The quantitative estimate of drug-likeness (QED) is 0.687. The highest BCUT2D eigenvalue weighted by molar-refractivity contribution is 5.99. The Hall–Kier alpha value is -1.64. The second-order valence-corrected chi connectivity index (χ2v) is 5.08. The molecule has 3 nitrogen and oxygen atoms in total. The third kappa shape index (κ3) is 1.43. The molecule has 0 unspecified atom stereocenters. The van der Waals surface area contributed by atoms with Crippen LogP contribution in [0.4, 0.5) is 0 Å². The third-order valence-electron chi connectivity index (χ3n) is 2.87. The van der Waals surface area contributed by atoms with Crippen LogP contribution in [0, 0.1) is 0 Å². The van der Waals surface area contributed by atoms with Crippen molar-refractivity contribution in [2.24, 2.45) is 7.05 Å². The second kappa shape index (κ2) is 3.44. The van der Waals surface area contributed by atoms with Crippen molar-refractivity contribution in [1.29, 1.82) is 0 Å². The van der Waals surface area contributed by atoms with Gasteiger partial charge >= 0.3 is 0 Å². The first-order valence-electron chi connectivity index (χ1n) is 5.35. The van der Waals surface area contributed by atoms with Gasteiger partial charge in [-0.2, -0.15) is 0 Å². The number of fused-ring (bicyclic) bond motifs is 1. The Bertz CT molecular complexity index is 547. The molecule has 0 aliphatic heterocycles. The molecule has 3 heteroatoms. The number of pyridine rings is 1. The van der Waals surface area contributed by atoms with Crippen molar-refractivity contribution in [3.8, 4) is 0 Å². The van der Waals surface area contributed by atoms with E-state index in [1.165, 1.54) is 0 Å². The number of rotatable bonds is 1. The maximum absolute atomic E-state index is 11.3. The number of nitrogens with zero attached hydrogens (tertiary/aromatic N) is 2. The van der Waals surface area contributed by atoms with Crippen molar-refractivity contribution in [3.63, 3.8) is 0 Å². The van der Waals surface area contributed by atoms with E-state index < -0.39 is 0 Å². The highest BCUT2D eigenvalue weighted by atomic mass is 16.1. The molecule has 0 bridgehead atoms. The lowest BCUT2D eigenvalue weighted by Gasteiger charge is -2.20. The zero-order valence-corrected chi connectivity index (χ0v) is 10.1. The van der Waals surface area contributed by atoms with Crippen molar-refractivity contribution in [2.45, 2.75) is 26.2 Å². The highest BCUT2D eigenvalue weighted by Crippen LogP contribution is 2.32. The van der Waals surface area contributed by atoms with E-state index >= 15 is 0 Å². The summed E-state index contributed by atoms with van der Waals surface area (Å²) in [6.07, 6.45) is 4.47. The molecular weight excluding hydrogens is 200 g/mol. The summed E-state index contributed by atoms with van der Waals surface area (Å²) in [5.41, 5.74) is 2.80. The first-order chi connectivity index (χ1) is 7.46. The molecule has 16 heavy (non-hydrogen) atoms. The fourth-order valence-corrected chi connectivity index (χ4v) is 2.34. The van der Waals surface area contributed by atoms with Crippen molar-refractivity contribution in [3.05, 3.63) is 29.7 Å². The smallest absolute Gasteiger partial charge is 0.152 e. The van der Waals surface area contributed by atoms with Crippen LogP contribution in [0.1, 0.15) is 36.8 Å². The minimum absolute atomic E-state index is 0.0516. The van der Waals surface area contributed by atoms with Crippen LogP contribution in [0.3, 0.4) is 0 Å². The van der Waals surface area contributed by atoms with Crippen LogP contribution < -0.4 is 0 Å². The number of carbonyl (C=O) groups is 1. The van der Waals surface area contributed by atoms with Gasteiger partial charge in [0.2, 0.25) is 0 Å². The molecule has 0 aromatic carbocycles. The van der Waals surface area contributed by atoms with Gasteiger partial charge in [0.15, 0.2) is 6.29 Å². The summed E-state index contributed by atoms with van der Waals surface area (Å²) in [5, 5.41) is 0.984. The Morgan fingerprint density at radius 1 is 1.38 bits per heavy atom. The Kier molecular flexibility index (Phi) is 2.34. The summed E-state index contributed by atoms with van der Waals surface area (Å²) < 4.78 is 2.06. The minimum atomic E-state index is -0.0516. The lowest BCUT2D eigenvalue weighted by molar-refractivity contribution is 0.112. The van der Waals surface area contributed by atoms with Gasteiger partial charge in [-0.15, -0.1) is 0 Å². The number of carbonyl (C=O) groups excluding carboxylic acids is 1. The molecule has 2 aromatic rings. The van der Waals surface area contributed by atoms with E-state index in [2.05, 4.69) is 30.3 Å². The molecule has 0 aliphatic rings. The van der Waals surface area contributed by atoms with Gasteiger partial charge in [-0.25, -0.2) is 0 Å². The van der Waals surface area contributed by atoms with E-state index in [9.17, 15) is 4.79 Å². The summed E-state index contributed by atoms with van der Waals surface area (Å²) in [7, 11) is 1.98. The van der Waals surface area contributed by atoms with Crippen LogP contribution >= 0.6 is 0 Å². The average Bonchev–Trinajstić information content (AvgIpc) is 2.51. The molecule has 0 N–H and O–H groups in total. The van der Waals surface area contributed by atoms with Gasteiger partial charge < -0.3 is 4.57 Å². The molecule has 0 saturated carbocycles. The van der Waals surface area contributed by atoms with E-state index in [-0.39, 0.29) is 5.41 Å². The van der Waals surface area contributed by atoms with E-state index in [1.54, 1.807) is 12.4 Å². The fraction of sp³-hybridized carbons (Fsp3) is 0.385. The molecular formula is C13H16N2O. The molecule has 0 aliphatic carbocycles. The minimum Gasteiger partial charge on any atom is -0.345 e. The molecule has 2 rings (SSSR count). The highest BCUT2D eigenvalue weighted by Gasteiger charge is 2.24. The number of aromatic nitrogens is 2. The van der Waals surface area contributed by atoms with Crippen LogP contribution in [0.15, 0.2) is 18.5 Å².